The van der Waals surface area contributed by atoms with Crippen LogP contribution in [0.4, 0.5) is 21.5 Å². The van der Waals surface area contributed by atoms with Crippen molar-refractivity contribution in [1.82, 2.24) is 5.43 Å². The van der Waals surface area contributed by atoms with E-state index in [0.717, 1.165) is 37.3 Å². The number of carboxylic acids is 1. The summed E-state index contributed by atoms with van der Waals surface area (Å²) in [6, 6.07) is 24.0. The third-order valence-electron chi connectivity index (χ3n) is 7.15. The summed E-state index contributed by atoms with van der Waals surface area (Å²) in [4.78, 5) is 27.5. The van der Waals surface area contributed by atoms with E-state index < -0.39 is 5.97 Å². The molecule has 4 aromatic carbocycles. The Kier molecular flexibility index (Phi) is 11.1. The fourth-order valence-electron chi connectivity index (χ4n) is 5.03. The zero-order valence-corrected chi connectivity index (χ0v) is 26.4. The number of benzene rings is 4. The number of nitrogens with zero attached hydrogens (tertiary/aromatic N) is 2. The Morgan fingerprint density at radius 1 is 0.955 bits per heavy atom. The fourth-order valence-corrected chi connectivity index (χ4v) is 5.51. The summed E-state index contributed by atoms with van der Waals surface area (Å²) in [5, 5.41) is 11.3. The number of hydrogen-bond donors (Lipinski definition) is 2. The van der Waals surface area contributed by atoms with Crippen molar-refractivity contribution >= 4 is 57.3 Å². The van der Waals surface area contributed by atoms with Gasteiger partial charge in [0.15, 0.2) is 0 Å². The van der Waals surface area contributed by atoms with E-state index in [1.165, 1.54) is 31.7 Å². The Morgan fingerprint density at radius 3 is 2.23 bits per heavy atom. The number of methoxy groups -OCH3 is 1. The van der Waals surface area contributed by atoms with Gasteiger partial charge in [-0.2, -0.15) is 0 Å². The number of carbonyl (C=O) groups excluding carboxylic acids is 1. The molecule has 1 saturated heterocycles. The number of ether oxygens (including phenoxy) is 2. The zero-order chi connectivity index (χ0) is 30.3. The molecule has 2 N–H and O–H groups in total. The summed E-state index contributed by atoms with van der Waals surface area (Å²) < 4.78 is 24.9. The quantitative estimate of drug-likeness (QED) is 0.164. The Labute approximate surface area is 269 Å². The molecular weight excluding hydrogens is 653 g/mol. The number of amides is 1. The number of halogens is 3. The largest absolute Gasteiger partial charge is 0.496 e. The molecule has 0 unspecified atom stereocenters. The lowest BCUT2D eigenvalue weighted by atomic mass is 10.1. The van der Waals surface area contributed by atoms with Gasteiger partial charge in [0.25, 0.3) is 0 Å². The monoisotopic (exact) mass is 683 g/mol. The van der Waals surface area contributed by atoms with Gasteiger partial charge in [0.2, 0.25) is 5.91 Å². The smallest absolute Gasteiger partial charge is 0.339 e. The lowest BCUT2D eigenvalue weighted by Gasteiger charge is -2.34. The molecule has 0 spiro atoms. The van der Waals surface area contributed by atoms with Crippen LogP contribution in [0.15, 0.2) is 89.4 Å². The molecule has 1 amide bonds. The minimum atomic E-state index is -1.12. The molecule has 0 atom stereocenters. The van der Waals surface area contributed by atoms with Crippen LogP contribution in [0.1, 0.15) is 35.2 Å². The van der Waals surface area contributed by atoms with Crippen LogP contribution >= 0.6 is 28.3 Å². The van der Waals surface area contributed by atoms with Crippen molar-refractivity contribution in [3.05, 3.63) is 106 Å². The Hall–Kier alpha value is -4.28. The van der Waals surface area contributed by atoms with E-state index in [4.69, 9.17) is 9.47 Å². The summed E-state index contributed by atoms with van der Waals surface area (Å²) in [5.41, 5.74) is 6.14. The SMILES string of the molecule is COc1cc(CC(=O)NN(c2ccc(Oc3ccc(F)cc3)cc2)c2ccccc2N2CCCCC2)c(Br)cc1C(=O)O.Cl. The first-order chi connectivity index (χ1) is 20.8. The van der Waals surface area contributed by atoms with E-state index >= 15 is 0 Å². The number of rotatable bonds is 10. The van der Waals surface area contributed by atoms with E-state index in [0.29, 0.717) is 27.2 Å². The Bertz CT molecular complexity index is 1600. The lowest BCUT2D eigenvalue weighted by Crippen LogP contribution is -2.41. The number of aromatic carboxylic acids is 1. The van der Waals surface area contributed by atoms with Crippen molar-refractivity contribution in [2.75, 3.05) is 30.1 Å². The molecule has 4 aromatic rings. The second kappa shape index (κ2) is 14.9. The van der Waals surface area contributed by atoms with Crippen LogP contribution in [0.25, 0.3) is 0 Å². The van der Waals surface area contributed by atoms with Crippen LogP contribution in [-0.4, -0.2) is 37.2 Å². The number of carbonyl (C=O) groups is 2. The highest BCUT2D eigenvalue weighted by molar-refractivity contribution is 9.10. The second-order valence-electron chi connectivity index (χ2n) is 10.1. The van der Waals surface area contributed by atoms with Crippen LogP contribution < -0.4 is 24.8 Å². The van der Waals surface area contributed by atoms with Crippen molar-refractivity contribution in [3.8, 4) is 17.2 Å². The van der Waals surface area contributed by atoms with Crippen LogP contribution in [0, 0.1) is 5.82 Å². The van der Waals surface area contributed by atoms with E-state index in [1.807, 2.05) is 30.3 Å². The van der Waals surface area contributed by atoms with Crippen LogP contribution in [0.3, 0.4) is 0 Å². The molecule has 0 aliphatic carbocycles. The van der Waals surface area contributed by atoms with Crippen molar-refractivity contribution in [2.24, 2.45) is 0 Å². The summed E-state index contributed by atoms with van der Waals surface area (Å²) in [5.74, 6) is -0.552. The molecule has 11 heteroatoms. The second-order valence-corrected chi connectivity index (χ2v) is 10.9. The fraction of sp³-hybridized carbons (Fsp3) is 0.212. The molecule has 230 valence electrons. The van der Waals surface area contributed by atoms with Crippen LogP contribution in [0.2, 0.25) is 0 Å². The number of carboxylic acid groups (broad SMARTS) is 1. The molecule has 1 aliphatic heterocycles. The standard InChI is InChI=1S/C33H31BrFN3O5.ClH/c1-42-31-19-22(28(34)21-27(31)33(40)41)20-32(39)36-38(30-8-4-3-7-29(30)37-17-5-2-6-18-37)24-11-15-26(16-12-24)43-25-13-9-23(35)10-14-25;/h3-4,7-16,19,21H,2,5-6,17-18,20H2,1H3,(H,36,39)(H,40,41);1H. The molecule has 1 aliphatic rings. The lowest BCUT2D eigenvalue weighted by molar-refractivity contribution is -0.120. The molecular formula is C33H32BrClFN3O5. The molecule has 44 heavy (non-hydrogen) atoms. The number of hydrazine groups is 1. The number of hydrogen-bond acceptors (Lipinski definition) is 6. The normalized spacial score (nSPS) is 12.6. The van der Waals surface area contributed by atoms with Crippen molar-refractivity contribution < 1.29 is 28.6 Å². The van der Waals surface area contributed by atoms with Gasteiger partial charge >= 0.3 is 5.97 Å². The van der Waals surface area contributed by atoms with Gasteiger partial charge in [-0.05, 0) is 97.6 Å². The molecule has 0 radical (unpaired) electrons. The van der Waals surface area contributed by atoms with E-state index in [2.05, 4.69) is 32.3 Å². The summed E-state index contributed by atoms with van der Waals surface area (Å²) in [6.07, 6.45) is 3.34. The van der Waals surface area contributed by atoms with Gasteiger partial charge in [-0.15, -0.1) is 12.4 Å². The van der Waals surface area contributed by atoms with Gasteiger partial charge in [-0.1, -0.05) is 28.1 Å². The van der Waals surface area contributed by atoms with E-state index in [1.54, 1.807) is 35.3 Å². The van der Waals surface area contributed by atoms with Gasteiger partial charge in [0.05, 0.1) is 30.6 Å². The Balaban J connectivity index is 0.00000442. The highest BCUT2D eigenvalue weighted by atomic mass is 79.9. The van der Waals surface area contributed by atoms with Crippen LogP contribution in [0.5, 0.6) is 17.2 Å². The third-order valence-corrected chi connectivity index (χ3v) is 7.89. The summed E-state index contributed by atoms with van der Waals surface area (Å²) in [7, 11) is 1.39. The minimum absolute atomic E-state index is 0. The highest BCUT2D eigenvalue weighted by Crippen LogP contribution is 2.36. The summed E-state index contributed by atoms with van der Waals surface area (Å²) in [6.45, 7) is 1.85. The maximum absolute atomic E-state index is 13.6. The number of anilines is 3. The minimum Gasteiger partial charge on any atom is -0.496 e. The van der Waals surface area contributed by atoms with Crippen molar-refractivity contribution in [3.63, 3.8) is 0 Å². The van der Waals surface area contributed by atoms with Gasteiger partial charge in [0.1, 0.15) is 28.6 Å². The maximum Gasteiger partial charge on any atom is 0.339 e. The first-order valence-corrected chi connectivity index (χ1v) is 14.7. The highest BCUT2D eigenvalue weighted by Gasteiger charge is 2.22. The van der Waals surface area contributed by atoms with Crippen molar-refractivity contribution in [1.29, 1.82) is 0 Å². The van der Waals surface area contributed by atoms with Gasteiger partial charge in [0, 0.05) is 17.6 Å². The van der Waals surface area contributed by atoms with E-state index in [9.17, 15) is 19.1 Å². The van der Waals surface area contributed by atoms with Gasteiger partial charge in [-0.3, -0.25) is 15.2 Å². The van der Waals surface area contributed by atoms with E-state index in [-0.39, 0.29) is 41.9 Å². The predicted octanol–water partition coefficient (Wildman–Crippen LogP) is 7.91. The first-order valence-electron chi connectivity index (χ1n) is 13.9. The predicted molar refractivity (Wildman–Crippen MR) is 174 cm³/mol. The number of para-hydroxylation sites is 2. The maximum atomic E-state index is 13.6. The third kappa shape index (κ3) is 7.81. The van der Waals surface area contributed by atoms with Gasteiger partial charge in [-0.25, -0.2) is 9.18 Å². The van der Waals surface area contributed by atoms with Gasteiger partial charge < -0.3 is 19.5 Å². The number of nitrogens with one attached hydrogen (secondary N) is 1. The first kappa shape index (κ1) is 32.6. The average molecular weight is 685 g/mol. The van der Waals surface area contributed by atoms with Crippen molar-refractivity contribution in [2.45, 2.75) is 25.7 Å². The molecule has 8 nitrogen and oxygen atoms in total. The molecule has 0 aromatic heterocycles. The molecule has 0 bridgehead atoms. The summed E-state index contributed by atoms with van der Waals surface area (Å²) >= 11 is 3.41. The molecule has 5 rings (SSSR count). The molecule has 1 heterocycles. The average Bonchev–Trinajstić information content (AvgIpc) is 3.02. The number of piperidine rings is 1. The topological polar surface area (TPSA) is 91.3 Å². The molecule has 0 saturated carbocycles. The zero-order valence-electron chi connectivity index (χ0n) is 24.0. The van der Waals surface area contributed by atoms with Crippen LogP contribution in [-0.2, 0) is 11.2 Å². The Morgan fingerprint density at radius 2 is 1.59 bits per heavy atom. The molecule has 1 fully saturated rings.